The quantitative estimate of drug-likeness (QED) is 0.840. The molecular formula is C22H30N4O3. The van der Waals surface area contributed by atoms with E-state index >= 15 is 0 Å². The molecule has 1 aromatic heterocycles. The van der Waals surface area contributed by atoms with Gasteiger partial charge in [0, 0.05) is 19.7 Å². The Morgan fingerprint density at radius 1 is 1.31 bits per heavy atom. The van der Waals surface area contributed by atoms with Crippen LogP contribution in [0.5, 0.6) is 0 Å². The number of amides is 2. The first kappa shape index (κ1) is 19.9. The Labute approximate surface area is 171 Å². The van der Waals surface area contributed by atoms with Crippen molar-refractivity contribution >= 4 is 22.8 Å². The summed E-state index contributed by atoms with van der Waals surface area (Å²) in [5.74, 6) is 0.522. The van der Waals surface area contributed by atoms with E-state index in [1.807, 2.05) is 35.8 Å². The van der Waals surface area contributed by atoms with Crippen molar-refractivity contribution in [3.63, 3.8) is 0 Å². The van der Waals surface area contributed by atoms with Crippen LogP contribution in [0.3, 0.4) is 0 Å². The molecule has 4 rings (SSSR count). The summed E-state index contributed by atoms with van der Waals surface area (Å²) in [6, 6.07) is 7.85. The van der Waals surface area contributed by atoms with Crippen LogP contribution in [0.15, 0.2) is 24.3 Å². The summed E-state index contributed by atoms with van der Waals surface area (Å²) < 4.78 is 7.12. The Hall–Kier alpha value is -2.41. The Bertz CT molecular complexity index is 924. The maximum Gasteiger partial charge on any atom is 0.290 e. The first-order valence-corrected chi connectivity index (χ1v) is 10.5. The molecule has 0 bridgehead atoms. The van der Waals surface area contributed by atoms with Gasteiger partial charge >= 0.3 is 0 Å². The summed E-state index contributed by atoms with van der Waals surface area (Å²) in [4.78, 5) is 33.1. The van der Waals surface area contributed by atoms with Gasteiger partial charge in [-0.1, -0.05) is 31.9 Å². The van der Waals surface area contributed by atoms with Crippen molar-refractivity contribution in [3.05, 3.63) is 30.1 Å². The van der Waals surface area contributed by atoms with E-state index in [4.69, 9.17) is 4.74 Å². The van der Waals surface area contributed by atoms with Crippen LogP contribution in [0, 0.1) is 5.92 Å². The molecule has 2 aliphatic rings. The second-order valence-corrected chi connectivity index (χ2v) is 8.58. The Balaban J connectivity index is 1.70. The van der Waals surface area contributed by atoms with Gasteiger partial charge in [0.2, 0.25) is 5.91 Å². The first-order valence-electron chi connectivity index (χ1n) is 10.5. The fourth-order valence-corrected chi connectivity index (χ4v) is 4.72. The zero-order valence-electron chi connectivity index (χ0n) is 17.5. The largest absolute Gasteiger partial charge is 0.383 e. The van der Waals surface area contributed by atoms with Crippen molar-refractivity contribution in [2.24, 2.45) is 5.92 Å². The Kier molecular flexibility index (Phi) is 5.34. The van der Waals surface area contributed by atoms with Gasteiger partial charge in [-0.2, -0.15) is 0 Å². The van der Waals surface area contributed by atoms with Crippen molar-refractivity contribution < 1.29 is 14.3 Å². The smallest absolute Gasteiger partial charge is 0.290 e. The van der Waals surface area contributed by atoms with E-state index in [9.17, 15) is 9.59 Å². The van der Waals surface area contributed by atoms with Gasteiger partial charge < -0.3 is 19.5 Å². The molecule has 1 N–H and O–H groups in total. The van der Waals surface area contributed by atoms with Gasteiger partial charge in [0.25, 0.3) is 5.91 Å². The topological polar surface area (TPSA) is 76.5 Å². The van der Waals surface area contributed by atoms with Crippen LogP contribution in [0.25, 0.3) is 11.0 Å². The van der Waals surface area contributed by atoms with Crippen molar-refractivity contribution in [1.29, 1.82) is 0 Å². The number of para-hydroxylation sites is 2. The highest BCUT2D eigenvalue weighted by atomic mass is 16.5. The number of methoxy groups -OCH3 is 1. The average Bonchev–Trinajstić information content (AvgIpc) is 3.08. The van der Waals surface area contributed by atoms with E-state index in [1.165, 1.54) is 6.42 Å². The van der Waals surface area contributed by atoms with E-state index in [1.54, 1.807) is 12.0 Å². The van der Waals surface area contributed by atoms with Crippen molar-refractivity contribution in [2.75, 3.05) is 20.3 Å². The summed E-state index contributed by atoms with van der Waals surface area (Å²) in [6.07, 6.45) is 4.47. The Morgan fingerprint density at radius 3 is 2.83 bits per heavy atom. The highest BCUT2D eigenvalue weighted by Crippen LogP contribution is 2.31. The van der Waals surface area contributed by atoms with E-state index < -0.39 is 5.54 Å². The maximum absolute atomic E-state index is 13.5. The SMILES string of the molecule is COCCN1C(=O)c2nc3ccccc3n2CC1(C)C(=O)NC1CCCCC1C. The molecule has 3 unspecified atom stereocenters. The number of benzene rings is 1. The monoisotopic (exact) mass is 398 g/mol. The standard InChI is InChI=1S/C22H30N4O3/c1-15-8-4-5-9-16(15)24-21(28)22(2)14-25-18-11-7-6-10-17(18)23-19(25)20(27)26(22)12-13-29-3/h6-7,10-11,15-16H,4-5,8-9,12-14H2,1-3H3,(H,24,28). The van der Waals surface area contributed by atoms with Gasteiger partial charge in [-0.25, -0.2) is 4.98 Å². The number of carbonyl (C=O) groups excluding carboxylic acids is 2. The van der Waals surface area contributed by atoms with Gasteiger partial charge in [0.1, 0.15) is 5.54 Å². The zero-order chi connectivity index (χ0) is 20.6. The molecule has 0 spiro atoms. The fourth-order valence-electron chi connectivity index (χ4n) is 4.72. The molecule has 7 heteroatoms. The molecule has 1 saturated carbocycles. The number of nitrogens with one attached hydrogen (secondary N) is 1. The molecule has 2 aromatic rings. The molecule has 0 radical (unpaired) electrons. The molecule has 7 nitrogen and oxygen atoms in total. The number of imidazole rings is 1. The summed E-state index contributed by atoms with van der Waals surface area (Å²) >= 11 is 0. The third-order valence-electron chi connectivity index (χ3n) is 6.59. The van der Waals surface area contributed by atoms with Gasteiger partial charge in [-0.05, 0) is 37.8 Å². The van der Waals surface area contributed by atoms with Crippen LogP contribution >= 0.6 is 0 Å². The molecule has 1 aromatic carbocycles. The molecule has 2 amide bonds. The Morgan fingerprint density at radius 2 is 2.07 bits per heavy atom. The van der Waals surface area contributed by atoms with Crippen LogP contribution < -0.4 is 5.32 Å². The number of hydrogen-bond donors (Lipinski definition) is 1. The van der Waals surface area contributed by atoms with Crippen LogP contribution in [0.2, 0.25) is 0 Å². The fraction of sp³-hybridized carbons (Fsp3) is 0.591. The lowest BCUT2D eigenvalue weighted by Crippen LogP contribution is -2.66. The second-order valence-electron chi connectivity index (χ2n) is 8.58. The van der Waals surface area contributed by atoms with E-state index in [0.717, 1.165) is 30.3 Å². The van der Waals surface area contributed by atoms with Crippen molar-refractivity contribution in [3.8, 4) is 0 Å². The molecule has 1 aliphatic heterocycles. The van der Waals surface area contributed by atoms with Crippen LogP contribution in [0.1, 0.15) is 50.1 Å². The van der Waals surface area contributed by atoms with Crippen molar-refractivity contribution in [2.45, 2.75) is 57.7 Å². The summed E-state index contributed by atoms with van der Waals surface area (Å²) in [6.45, 7) is 5.16. The van der Waals surface area contributed by atoms with Gasteiger partial charge in [-0.15, -0.1) is 0 Å². The minimum atomic E-state index is -0.997. The third-order valence-corrected chi connectivity index (χ3v) is 6.59. The van der Waals surface area contributed by atoms with Crippen LogP contribution in [-0.4, -0.2) is 58.1 Å². The third kappa shape index (κ3) is 3.41. The van der Waals surface area contributed by atoms with E-state index in [2.05, 4.69) is 17.2 Å². The lowest BCUT2D eigenvalue weighted by Gasteiger charge is -2.44. The van der Waals surface area contributed by atoms with Crippen molar-refractivity contribution in [1.82, 2.24) is 19.8 Å². The minimum Gasteiger partial charge on any atom is -0.383 e. The number of rotatable bonds is 5. The molecule has 3 atom stereocenters. The highest BCUT2D eigenvalue weighted by molar-refractivity contribution is 6.01. The first-order chi connectivity index (χ1) is 14.0. The minimum absolute atomic E-state index is 0.0934. The zero-order valence-corrected chi connectivity index (χ0v) is 17.5. The molecule has 1 aliphatic carbocycles. The molecule has 0 saturated heterocycles. The molecule has 29 heavy (non-hydrogen) atoms. The van der Waals surface area contributed by atoms with Gasteiger partial charge in [-0.3, -0.25) is 9.59 Å². The number of fused-ring (bicyclic) bond motifs is 3. The van der Waals surface area contributed by atoms with Crippen LogP contribution in [-0.2, 0) is 16.1 Å². The van der Waals surface area contributed by atoms with Crippen LogP contribution in [0.4, 0.5) is 0 Å². The summed E-state index contributed by atoms with van der Waals surface area (Å²) in [7, 11) is 1.60. The second kappa shape index (κ2) is 7.78. The maximum atomic E-state index is 13.5. The number of ether oxygens (including phenoxy) is 1. The molecule has 2 heterocycles. The van der Waals surface area contributed by atoms with Gasteiger partial charge in [0.15, 0.2) is 5.82 Å². The predicted molar refractivity (Wildman–Crippen MR) is 111 cm³/mol. The van der Waals surface area contributed by atoms with E-state index in [0.29, 0.717) is 31.4 Å². The van der Waals surface area contributed by atoms with E-state index in [-0.39, 0.29) is 17.9 Å². The molecule has 1 fully saturated rings. The number of aromatic nitrogens is 2. The molecule has 156 valence electrons. The average molecular weight is 399 g/mol. The number of hydrogen-bond acceptors (Lipinski definition) is 4. The number of carbonyl (C=O) groups is 2. The lowest BCUT2D eigenvalue weighted by molar-refractivity contribution is -0.134. The number of nitrogens with zero attached hydrogens (tertiary/aromatic N) is 3. The summed E-state index contributed by atoms with van der Waals surface area (Å²) in [5.41, 5.74) is 0.656. The predicted octanol–water partition coefficient (Wildman–Crippen LogP) is 2.59. The highest BCUT2D eigenvalue weighted by Gasteiger charge is 2.48. The summed E-state index contributed by atoms with van der Waals surface area (Å²) in [5, 5.41) is 3.27. The lowest BCUT2D eigenvalue weighted by atomic mass is 9.85. The molecular weight excluding hydrogens is 368 g/mol. The normalized spacial score (nSPS) is 27.1. The van der Waals surface area contributed by atoms with Gasteiger partial charge in [0.05, 0.1) is 24.2 Å².